The van der Waals surface area contributed by atoms with E-state index < -0.39 is 40.8 Å². The lowest BCUT2D eigenvalue weighted by Gasteiger charge is -2.41. The highest BCUT2D eigenvalue weighted by molar-refractivity contribution is 5.84. The molecule has 1 atom stereocenters. The molecule has 3 rings (SSSR count). The average Bonchev–Trinajstić information content (AvgIpc) is 2.78. The van der Waals surface area contributed by atoms with Crippen molar-refractivity contribution in [3.8, 4) is 0 Å². The van der Waals surface area contributed by atoms with E-state index in [-0.39, 0.29) is 24.2 Å². The molecule has 3 nitrogen and oxygen atoms in total. The van der Waals surface area contributed by atoms with Crippen LogP contribution in [0.2, 0.25) is 0 Å². The third-order valence-corrected chi connectivity index (χ3v) is 6.41. The summed E-state index contributed by atoms with van der Waals surface area (Å²) >= 11 is 0. The number of rotatable bonds is 5. The molecule has 180 valence electrons. The van der Waals surface area contributed by atoms with Gasteiger partial charge in [0.25, 0.3) is 0 Å². The Balaban J connectivity index is 1.94. The van der Waals surface area contributed by atoms with Crippen molar-refractivity contribution in [2.45, 2.75) is 56.4 Å². The van der Waals surface area contributed by atoms with Gasteiger partial charge in [-0.25, -0.2) is 0 Å². The van der Waals surface area contributed by atoms with Crippen LogP contribution in [0.1, 0.15) is 60.8 Å². The summed E-state index contributed by atoms with van der Waals surface area (Å²) in [4.78, 5) is 13.1. The second-order valence-electron chi connectivity index (χ2n) is 8.62. The summed E-state index contributed by atoms with van der Waals surface area (Å²) in [7, 11) is 0. The minimum Gasteiger partial charge on any atom is -0.396 e. The summed E-state index contributed by atoms with van der Waals surface area (Å²) in [5, 5.41) is 12.4. The highest BCUT2D eigenvalue weighted by Gasteiger charge is 2.40. The Labute approximate surface area is 187 Å². The molecule has 2 aromatic carbocycles. The molecule has 0 heterocycles. The van der Waals surface area contributed by atoms with Crippen LogP contribution in [-0.2, 0) is 22.7 Å². The number of benzene rings is 2. The molecule has 2 aromatic rings. The van der Waals surface area contributed by atoms with Crippen LogP contribution in [0.25, 0.3) is 0 Å². The van der Waals surface area contributed by atoms with Gasteiger partial charge in [0.1, 0.15) is 0 Å². The first kappa shape index (κ1) is 25.1. The van der Waals surface area contributed by atoms with Gasteiger partial charge in [0.2, 0.25) is 5.91 Å². The fraction of sp³-hybridized carbons (Fsp3) is 0.458. The number of hydrogen-bond acceptors (Lipinski definition) is 2. The summed E-state index contributed by atoms with van der Waals surface area (Å²) in [6.45, 7) is 1.31. The van der Waals surface area contributed by atoms with Gasteiger partial charge in [-0.2, -0.15) is 26.3 Å². The Kier molecular flexibility index (Phi) is 7.12. The van der Waals surface area contributed by atoms with Crippen molar-refractivity contribution in [1.82, 2.24) is 5.32 Å². The molecular formula is C24H25F6NO2. The van der Waals surface area contributed by atoms with Gasteiger partial charge in [-0.05, 0) is 67.9 Å². The number of halogens is 6. The van der Waals surface area contributed by atoms with Crippen molar-refractivity contribution in [3.63, 3.8) is 0 Å². The Hall–Kier alpha value is -2.55. The van der Waals surface area contributed by atoms with E-state index in [1.165, 1.54) is 6.92 Å². The van der Waals surface area contributed by atoms with Crippen LogP contribution in [-0.4, -0.2) is 17.6 Å². The molecule has 1 fully saturated rings. The van der Waals surface area contributed by atoms with Crippen molar-refractivity contribution >= 4 is 5.91 Å². The largest absolute Gasteiger partial charge is 0.416 e. The minimum atomic E-state index is -4.99. The third-order valence-electron chi connectivity index (χ3n) is 6.41. The fourth-order valence-electron chi connectivity index (χ4n) is 4.32. The molecule has 0 radical (unpaired) electrons. The molecule has 0 unspecified atom stereocenters. The number of hydrogen-bond donors (Lipinski definition) is 2. The summed E-state index contributed by atoms with van der Waals surface area (Å²) in [5.41, 5.74) is -3.27. The summed E-state index contributed by atoms with van der Waals surface area (Å²) in [5.74, 6) is -1.83. The number of carbonyl (C=O) groups is 1. The van der Waals surface area contributed by atoms with Crippen LogP contribution in [0.3, 0.4) is 0 Å². The summed E-state index contributed by atoms with van der Waals surface area (Å²) < 4.78 is 79.4. The van der Waals surface area contributed by atoms with Crippen molar-refractivity contribution in [2.24, 2.45) is 5.92 Å². The predicted molar refractivity (Wildman–Crippen MR) is 110 cm³/mol. The molecule has 0 aliphatic heterocycles. The molecule has 1 saturated carbocycles. The normalized spacial score (nSPS) is 22.6. The van der Waals surface area contributed by atoms with Crippen LogP contribution in [0.5, 0.6) is 0 Å². The van der Waals surface area contributed by atoms with E-state index in [2.05, 4.69) is 5.32 Å². The molecule has 0 aromatic heterocycles. The Morgan fingerprint density at radius 1 is 1.00 bits per heavy atom. The zero-order valence-electron chi connectivity index (χ0n) is 17.9. The Morgan fingerprint density at radius 3 is 1.97 bits per heavy atom. The van der Waals surface area contributed by atoms with E-state index in [9.17, 15) is 36.2 Å². The van der Waals surface area contributed by atoms with Crippen molar-refractivity contribution in [1.29, 1.82) is 0 Å². The number of carbonyl (C=O) groups excluding carboxylic acids is 1. The molecule has 1 amide bonds. The SMILES string of the molecule is C[C@H](C(=O)NC1(c2ccccc2)CCC(CO)CC1)c1cc(C(F)(F)F)cc(C(F)(F)F)c1. The maximum atomic E-state index is 13.2. The molecule has 0 spiro atoms. The molecule has 0 bridgehead atoms. The fourth-order valence-corrected chi connectivity index (χ4v) is 4.32. The molecule has 0 saturated heterocycles. The minimum absolute atomic E-state index is 0.0136. The zero-order valence-corrected chi connectivity index (χ0v) is 17.9. The number of aliphatic hydroxyl groups excluding tert-OH is 1. The molecule has 33 heavy (non-hydrogen) atoms. The molecule has 1 aliphatic rings. The van der Waals surface area contributed by atoms with E-state index in [0.717, 1.165) is 5.56 Å². The van der Waals surface area contributed by atoms with Gasteiger partial charge >= 0.3 is 12.4 Å². The first-order valence-corrected chi connectivity index (χ1v) is 10.6. The van der Waals surface area contributed by atoms with E-state index in [1.807, 2.05) is 18.2 Å². The molecule has 9 heteroatoms. The van der Waals surface area contributed by atoms with Gasteiger partial charge in [-0.15, -0.1) is 0 Å². The van der Waals surface area contributed by atoms with Gasteiger partial charge in [0.15, 0.2) is 0 Å². The van der Waals surface area contributed by atoms with Crippen molar-refractivity contribution in [2.75, 3.05) is 6.61 Å². The number of amides is 1. The van der Waals surface area contributed by atoms with E-state index in [1.54, 1.807) is 12.1 Å². The van der Waals surface area contributed by atoms with Crippen LogP contribution < -0.4 is 5.32 Å². The lowest BCUT2D eigenvalue weighted by Crippen LogP contribution is -2.49. The van der Waals surface area contributed by atoms with Crippen molar-refractivity contribution in [3.05, 3.63) is 70.8 Å². The Bertz CT molecular complexity index is 931. The predicted octanol–water partition coefficient (Wildman–Crippen LogP) is 6.02. The second-order valence-corrected chi connectivity index (χ2v) is 8.62. The van der Waals surface area contributed by atoms with E-state index in [4.69, 9.17) is 0 Å². The monoisotopic (exact) mass is 473 g/mol. The highest BCUT2D eigenvalue weighted by atomic mass is 19.4. The number of alkyl halides is 6. The lowest BCUT2D eigenvalue weighted by atomic mass is 9.72. The second kappa shape index (κ2) is 9.37. The summed E-state index contributed by atoms with van der Waals surface area (Å²) in [6, 6.07) is 10.3. The van der Waals surface area contributed by atoms with Crippen LogP contribution >= 0.6 is 0 Å². The van der Waals surface area contributed by atoms with Gasteiger partial charge in [0, 0.05) is 6.61 Å². The average molecular weight is 473 g/mol. The standard InChI is InChI=1S/C24H25F6NO2/c1-15(17-11-19(23(25,26)27)13-20(12-17)24(28,29)30)21(33)31-22(18-5-3-2-4-6-18)9-7-16(14-32)8-10-22/h2-6,11-13,15-16,32H,7-10,14H2,1H3,(H,31,33)/t15-,16?,22?/m0/s1. The van der Waals surface area contributed by atoms with Gasteiger partial charge in [-0.1, -0.05) is 30.3 Å². The summed E-state index contributed by atoms with van der Waals surface area (Å²) in [6.07, 6.45) is -7.72. The van der Waals surface area contributed by atoms with Crippen molar-refractivity contribution < 1.29 is 36.2 Å². The smallest absolute Gasteiger partial charge is 0.396 e. The lowest BCUT2D eigenvalue weighted by molar-refractivity contribution is -0.143. The maximum Gasteiger partial charge on any atom is 0.416 e. The van der Waals surface area contributed by atoms with E-state index in [0.29, 0.717) is 37.8 Å². The quantitative estimate of drug-likeness (QED) is 0.522. The van der Waals surface area contributed by atoms with E-state index >= 15 is 0 Å². The molecular weight excluding hydrogens is 448 g/mol. The first-order valence-electron chi connectivity index (χ1n) is 10.6. The topological polar surface area (TPSA) is 49.3 Å². The van der Waals surface area contributed by atoms with Gasteiger partial charge in [-0.3, -0.25) is 4.79 Å². The van der Waals surface area contributed by atoms with Crippen LogP contribution in [0.15, 0.2) is 48.5 Å². The van der Waals surface area contributed by atoms with Gasteiger partial charge < -0.3 is 10.4 Å². The third kappa shape index (κ3) is 5.69. The Morgan fingerprint density at radius 2 is 1.52 bits per heavy atom. The molecule has 2 N–H and O–H groups in total. The van der Waals surface area contributed by atoms with Crippen LogP contribution in [0, 0.1) is 5.92 Å². The first-order chi connectivity index (χ1) is 15.4. The van der Waals surface area contributed by atoms with Crippen LogP contribution in [0.4, 0.5) is 26.3 Å². The number of nitrogens with one attached hydrogen (secondary N) is 1. The zero-order chi connectivity index (χ0) is 24.4. The van der Waals surface area contributed by atoms with Gasteiger partial charge in [0.05, 0.1) is 22.6 Å². The molecule has 1 aliphatic carbocycles. The highest BCUT2D eigenvalue weighted by Crippen LogP contribution is 2.41. The maximum absolute atomic E-state index is 13.2. The number of aliphatic hydroxyl groups is 1.